The van der Waals surface area contributed by atoms with Crippen molar-refractivity contribution in [1.29, 1.82) is 0 Å². The van der Waals surface area contributed by atoms with E-state index in [1.54, 1.807) is 0 Å². The van der Waals surface area contributed by atoms with Crippen molar-refractivity contribution in [2.45, 2.75) is 45.3 Å². The first-order valence-electron chi connectivity index (χ1n) is 7.20. The van der Waals surface area contributed by atoms with Gasteiger partial charge in [0, 0.05) is 25.1 Å². The van der Waals surface area contributed by atoms with Crippen molar-refractivity contribution in [3.63, 3.8) is 0 Å². The fourth-order valence-electron chi connectivity index (χ4n) is 3.16. The van der Waals surface area contributed by atoms with Crippen molar-refractivity contribution < 1.29 is 14.3 Å². The van der Waals surface area contributed by atoms with Gasteiger partial charge in [0.1, 0.15) is 5.60 Å². The molecule has 2 aliphatic heterocycles. The lowest BCUT2D eigenvalue weighted by Crippen LogP contribution is -2.44. The first kappa shape index (κ1) is 14.6. The molecule has 3 unspecified atom stereocenters. The molecule has 2 fully saturated rings. The molecule has 0 bridgehead atoms. The van der Waals surface area contributed by atoms with Crippen LogP contribution in [0.5, 0.6) is 0 Å². The van der Waals surface area contributed by atoms with Crippen LogP contribution in [0.2, 0.25) is 0 Å². The Morgan fingerprint density at radius 2 is 2.21 bits per heavy atom. The zero-order chi connectivity index (χ0) is 14.0. The molecule has 2 N–H and O–H groups in total. The first-order valence-corrected chi connectivity index (χ1v) is 7.20. The predicted octanol–water partition coefficient (Wildman–Crippen LogP) is 1.61. The second-order valence-corrected chi connectivity index (χ2v) is 6.56. The summed E-state index contributed by atoms with van der Waals surface area (Å²) in [6, 6.07) is 0.264. The van der Waals surface area contributed by atoms with Crippen LogP contribution in [0, 0.1) is 11.8 Å². The number of fused-ring (bicyclic) bond motifs is 1. The number of hydrogen-bond acceptors (Lipinski definition) is 4. The lowest BCUT2D eigenvalue weighted by atomic mass is 9.86. The average molecular weight is 270 g/mol. The number of nitrogens with two attached hydrogens (primary N) is 1. The van der Waals surface area contributed by atoms with Gasteiger partial charge in [-0.3, -0.25) is 0 Å². The highest BCUT2D eigenvalue weighted by molar-refractivity contribution is 5.69. The van der Waals surface area contributed by atoms with Crippen molar-refractivity contribution in [3.05, 3.63) is 0 Å². The van der Waals surface area contributed by atoms with E-state index in [9.17, 15) is 4.79 Å². The van der Waals surface area contributed by atoms with Crippen LogP contribution in [0.4, 0.5) is 4.79 Å². The molecule has 19 heavy (non-hydrogen) atoms. The Morgan fingerprint density at radius 1 is 1.47 bits per heavy atom. The maximum absolute atomic E-state index is 12.3. The molecule has 5 nitrogen and oxygen atoms in total. The van der Waals surface area contributed by atoms with E-state index in [0.29, 0.717) is 18.4 Å². The minimum Gasteiger partial charge on any atom is -0.444 e. The number of likely N-dealkylation sites (tertiary alicyclic amines) is 1. The minimum absolute atomic E-state index is 0.191. The summed E-state index contributed by atoms with van der Waals surface area (Å²) in [6.45, 7) is 8.60. The van der Waals surface area contributed by atoms with E-state index in [-0.39, 0.29) is 12.1 Å². The number of carbonyl (C=O) groups excluding carboxylic acids is 1. The van der Waals surface area contributed by atoms with Gasteiger partial charge in [-0.15, -0.1) is 0 Å². The maximum atomic E-state index is 12.3. The molecule has 2 heterocycles. The molecular weight excluding hydrogens is 244 g/mol. The summed E-state index contributed by atoms with van der Waals surface area (Å²) in [6.07, 6.45) is 1.67. The number of amides is 1. The summed E-state index contributed by atoms with van der Waals surface area (Å²) in [5.74, 6) is 0.868. The largest absolute Gasteiger partial charge is 0.444 e. The molecule has 0 radical (unpaired) electrons. The highest BCUT2D eigenvalue weighted by Gasteiger charge is 2.46. The van der Waals surface area contributed by atoms with Crippen LogP contribution in [-0.2, 0) is 9.47 Å². The summed E-state index contributed by atoms with van der Waals surface area (Å²) in [5.41, 5.74) is 5.24. The molecule has 3 atom stereocenters. The smallest absolute Gasteiger partial charge is 0.410 e. The van der Waals surface area contributed by atoms with E-state index in [4.69, 9.17) is 15.2 Å². The van der Waals surface area contributed by atoms with E-state index >= 15 is 0 Å². The van der Waals surface area contributed by atoms with Gasteiger partial charge in [0.05, 0.1) is 6.61 Å². The monoisotopic (exact) mass is 270 g/mol. The summed E-state index contributed by atoms with van der Waals surface area (Å²) in [4.78, 5) is 14.2. The van der Waals surface area contributed by atoms with Crippen LogP contribution < -0.4 is 5.73 Å². The van der Waals surface area contributed by atoms with Crippen LogP contribution >= 0.6 is 0 Å². The van der Waals surface area contributed by atoms with Crippen molar-refractivity contribution in [2.75, 3.05) is 26.3 Å². The van der Waals surface area contributed by atoms with Gasteiger partial charge < -0.3 is 20.1 Å². The van der Waals surface area contributed by atoms with Gasteiger partial charge in [-0.25, -0.2) is 4.79 Å². The molecule has 0 saturated carbocycles. The molecule has 0 spiro atoms. The molecule has 110 valence electrons. The summed E-state index contributed by atoms with van der Waals surface area (Å²) < 4.78 is 11.1. The SMILES string of the molecule is CC(C)(C)OC(=O)N1CC(CCN)C2COCCC21. The van der Waals surface area contributed by atoms with Crippen LogP contribution in [0.15, 0.2) is 0 Å². The van der Waals surface area contributed by atoms with E-state index in [0.717, 1.165) is 32.6 Å². The second-order valence-electron chi connectivity index (χ2n) is 6.56. The zero-order valence-corrected chi connectivity index (χ0v) is 12.2. The number of nitrogens with zero attached hydrogens (tertiary/aromatic N) is 1. The van der Waals surface area contributed by atoms with Gasteiger partial charge in [-0.2, -0.15) is 0 Å². The standard InChI is InChI=1S/C14H26N2O3/c1-14(2,3)19-13(17)16-8-10(4-6-15)11-9-18-7-5-12(11)16/h10-12H,4-9,15H2,1-3H3. The second kappa shape index (κ2) is 5.67. The van der Waals surface area contributed by atoms with Gasteiger partial charge in [0.25, 0.3) is 0 Å². The fourth-order valence-corrected chi connectivity index (χ4v) is 3.16. The van der Waals surface area contributed by atoms with Crippen molar-refractivity contribution in [2.24, 2.45) is 17.6 Å². The molecule has 0 aliphatic carbocycles. The quantitative estimate of drug-likeness (QED) is 0.828. The number of hydrogen-bond donors (Lipinski definition) is 1. The summed E-state index contributed by atoms with van der Waals surface area (Å²) in [5, 5.41) is 0. The molecule has 2 saturated heterocycles. The molecule has 0 aromatic rings. The predicted molar refractivity (Wildman–Crippen MR) is 72.8 cm³/mol. The van der Waals surface area contributed by atoms with Gasteiger partial charge >= 0.3 is 6.09 Å². The maximum Gasteiger partial charge on any atom is 0.410 e. The van der Waals surface area contributed by atoms with Gasteiger partial charge in [-0.05, 0) is 46.1 Å². The summed E-state index contributed by atoms with van der Waals surface area (Å²) in [7, 11) is 0. The van der Waals surface area contributed by atoms with E-state index in [1.165, 1.54) is 0 Å². The Labute approximate surface area is 115 Å². The van der Waals surface area contributed by atoms with E-state index in [1.807, 2.05) is 25.7 Å². The van der Waals surface area contributed by atoms with E-state index in [2.05, 4.69) is 0 Å². The zero-order valence-electron chi connectivity index (χ0n) is 12.2. The first-order chi connectivity index (χ1) is 8.92. The molecule has 1 amide bonds. The third-order valence-corrected chi connectivity index (χ3v) is 3.96. The van der Waals surface area contributed by atoms with Crippen molar-refractivity contribution in [3.8, 4) is 0 Å². The summed E-state index contributed by atoms with van der Waals surface area (Å²) >= 11 is 0. The van der Waals surface area contributed by atoms with Gasteiger partial charge in [-0.1, -0.05) is 0 Å². The number of ether oxygens (including phenoxy) is 2. The molecule has 5 heteroatoms. The molecular formula is C14H26N2O3. The van der Waals surface area contributed by atoms with Crippen molar-refractivity contribution in [1.82, 2.24) is 4.90 Å². The van der Waals surface area contributed by atoms with Crippen molar-refractivity contribution >= 4 is 6.09 Å². The Balaban J connectivity index is 2.06. The number of rotatable bonds is 2. The van der Waals surface area contributed by atoms with E-state index < -0.39 is 5.60 Å². The highest BCUT2D eigenvalue weighted by atomic mass is 16.6. The lowest BCUT2D eigenvalue weighted by molar-refractivity contribution is -0.00635. The highest BCUT2D eigenvalue weighted by Crippen LogP contribution is 2.37. The Hall–Kier alpha value is -0.810. The minimum atomic E-state index is -0.441. The Bertz CT molecular complexity index is 327. The topological polar surface area (TPSA) is 64.8 Å². The third-order valence-electron chi connectivity index (χ3n) is 3.96. The number of carbonyl (C=O) groups is 1. The fraction of sp³-hybridized carbons (Fsp3) is 0.929. The van der Waals surface area contributed by atoms with Gasteiger partial charge in [0.15, 0.2) is 0 Å². The van der Waals surface area contributed by atoms with Crippen LogP contribution in [-0.4, -0.2) is 48.9 Å². The normalized spacial score (nSPS) is 31.2. The average Bonchev–Trinajstić information content (AvgIpc) is 2.67. The molecule has 2 aliphatic rings. The lowest BCUT2D eigenvalue weighted by Gasteiger charge is -2.33. The van der Waals surface area contributed by atoms with Crippen LogP contribution in [0.3, 0.4) is 0 Å². The van der Waals surface area contributed by atoms with Crippen LogP contribution in [0.1, 0.15) is 33.6 Å². The Morgan fingerprint density at radius 3 is 2.84 bits per heavy atom. The third kappa shape index (κ3) is 3.39. The van der Waals surface area contributed by atoms with Gasteiger partial charge in [0.2, 0.25) is 0 Å². The molecule has 0 aromatic carbocycles. The van der Waals surface area contributed by atoms with Crippen LogP contribution in [0.25, 0.3) is 0 Å². The Kier molecular flexibility index (Phi) is 4.36. The molecule has 2 rings (SSSR count). The molecule has 0 aromatic heterocycles.